The molecule has 0 saturated heterocycles. The quantitative estimate of drug-likeness (QED) is 0.446. The molecule has 0 amide bonds. The first-order valence-electron chi connectivity index (χ1n) is 6.80. The van der Waals surface area contributed by atoms with Gasteiger partial charge in [0.1, 0.15) is 0 Å². The number of nitrogens with one attached hydrogen (secondary N) is 1. The summed E-state index contributed by atoms with van der Waals surface area (Å²) in [5.41, 5.74) is 0.107. The van der Waals surface area contributed by atoms with Crippen molar-refractivity contribution >= 4 is 29.9 Å². The molecule has 0 aliphatic heterocycles. The maximum Gasteiger partial charge on any atom is 0.416 e. The summed E-state index contributed by atoms with van der Waals surface area (Å²) in [6, 6.07) is 5.52. The fourth-order valence-electron chi connectivity index (χ4n) is 2.03. The molecule has 7 heteroatoms. The summed E-state index contributed by atoms with van der Waals surface area (Å²) in [7, 11) is 5.45. The fourth-order valence-corrected chi connectivity index (χ4v) is 2.03. The smallest absolute Gasteiger partial charge is 0.356 e. The van der Waals surface area contributed by atoms with Gasteiger partial charge in [-0.3, -0.25) is 4.99 Å². The van der Waals surface area contributed by atoms with E-state index in [9.17, 15) is 13.2 Å². The number of alkyl halides is 3. The van der Waals surface area contributed by atoms with Gasteiger partial charge in [-0.2, -0.15) is 13.2 Å². The van der Waals surface area contributed by atoms with Gasteiger partial charge in [-0.15, -0.1) is 24.0 Å². The molecule has 1 rings (SSSR count). The molecule has 0 aliphatic rings. The van der Waals surface area contributed by atoms with Crippen molar-refractivity contribution in [2.75, 3.05) is 27.7 Å². The van der Waals surface area contributed by atoms with Crippen LogP contribution in [0.3, 0.4) is 0 Å². The molecule has 1 aromatic carbocycles. The Morgan fingerprint density at radius 2 is 1.95 bits per heavy atom. The van der Waals surface area contributed by atoms with E-state index in [2.05, 4.69) is 10.3 Å². The zero-order valence-electron chi connectivity index (χ0n) is 13.2. The van der Waals surface area contributed by atoms with Crippen molar-refractivity contribution in [3.05, 3.63) is 35.4 Å². The van der Waals surface area contributed by atoms with Crippen LogP contribution >= 0.6 is 24.0 Å². The van der Waals surface area contributed by atoms with Gasteiger partial charge in [-0.1, -0.05) is 25.1 Å². The molecular weight excluding hydrogens is 406 g/mol. The molecule has 0 fully saturated rings. The third-order valence-electron chi connectivity index (χ3n) is 3.28. The van der Waals surface area contributed by atoms with E-state index in [0.717, 1.165) is 18.4 Å². The van der Waals surface area contributed by atoms with Gasteiger partial charge in [0.2, 0.25) is 0 Å². The average molecular weight is 429 g/mol. The van der Waals surface area contributed by atoms with Crippen molar-refractivity contribution in [3.8, 4) is 0 Å². The molecule has 1 N–H and O–H groups in total. The first-order valence-corrected chi connectivity index (χ1v) is 6.80. The predicted molar refractivity (Wildman–Crippen MR) is 94.9 cm³/mol. The maximum atomic E-state index is 12.7. The number of guanidine groups is 1. The molecule has 1 aromatic rings. The van der Waals surface area contributed by atoms with Crippen LogP contribution in [0.25, 0.3) is 0 Å². The van der Waals surface area contributed by atoms with Crippen LogP contribution in [0, 0.1) is 0 Å². The standard InChI is InChI=1S/C15H22F3N3.HI/c1-11(8-9-20-14(19-2)21(3)4)12-6-5-7-13(10-12)15(16,17)18;/h5-7,10-11H,8-9H2,1-4H3,(H,19,20);1H. The van der Waals surface area contributed by atoms with Crippen LogP contribution in [0.5, 0.6) is 0 Å². The molecule has 126 valence electrons. The van der Waals surface area contributed by atoms with Gasteiger partial charge in [0.15, 0.2) is 5.96 Å². The molecule has 0 aliphatic carbocycles. The van der Waals surface area contributed by atoms with Crippen molar-refractivity contribution in [2.45, 2.75) is 25.4 Å². The molecular formula is C15H23F3IN3. The number of hydrogen-bond acceptors (Lipinski definition) is 1. The lowest BCUT2D eigenvalue weighted by Gasteiger charge is -2.19. The van der Waals surface area contributed by atoms with E-state index in [0.29, 0.717) is 12.1 Å². The summed E-state index contributed by atoms with van der Waals surface area (Å²) in [5, 5.41) is 3.17. The number of halogens is 4. The van der Waals surface area contributed by atoms with E-state index in [4.69, 9.17) is 0 Å². The third-order valence-corrected chi connectivity index (χ3v) is 3.28. The Labute approximate surface area is 147 Å². The highest BCUT2D eigenvalue weighted by Crippen LogP contribution is 2.31. The molecule has 0 radical (unpaired) electrons. The lowest BCUT2D eigenvalue weighted by atomic mass is 9.96. The summed E-state index contributed by atoms with van der Waals surface area (Å²) < 4.78 is 38.1. The minimum atomic E-state index is -4.29. The summed E-state index contributed by atoms with van der Waals surface area (Å²) in [4.78, 5) is 5.94. The first-order chi connectivity index (χ1) is 9.75. The van der Waals surface area contributed by atoms with Gasteiger partial charge >= 0.3 is 6.18 Å². The van der Waals surface area contributed by atoms with E-state index in [1.807, 2.05) is 25.9 Å². The molecule has 0 aromatic heterocycles. The van der Waals surface area contributed by atoms with Crippen molar-refractivity contribution in [2.24, 2.45) is 4.99 Å². The Hall–Kier alpha value is -0.990. The van der Waals surface area contributed by atoms with Crippen LogP contribution in [-0.2, 0) is 6.18 Å². The lowest BCUT2D eigenvalue weighted by molar-refractivity contribution is -0.137. The monoisotopic (exact) mass is 429 g/mol. The molecule has 0 spiro atoms. The Kier molecular flexibility index (Phi) is 8.80. The number of hydrogen-bond donors (Lipinski definition) is 1. The average Bonchev–Trinajstić information content (AvgIpc) is 2.42. The second-order valence-corrected chi connectivity index (χ2v) is 5.18. The van der Waals surface area contributed by atoms with Gasteiger partial charge in [0.25, 0.3) is 0 Å². The minimum absolute atomic E-state index is 0. The van der Waals surface area contributed by atoms with Crippen molar-refractivity contribution in [1.29, 1.82) is 0 Å². The van der Waals surface area contributed by atoms with Crippen molar-refractivity contribution < 1.29 is 13.2 Å². The molecule has 0 saturated carbocycles. The van der Waals surface area contributed by atoms with E-state index >= 15 is 0 Å². The van der Waals surface area contributed by atoms with Gasteiger partial charge < -0.3 is 10.2 Å². The number of benzene rings is 1. The Morgan fingerprint density at radius 1 is 1.32 bits per heavy atom. The minimum Gasteiger partial charge on any atom is -0.356 e. The molecule has 0 bridgehead atoms. The zero-order chi connectivity index (χ0) is 16.0. The second-order valence-electron chi connectivity index (χ2n) is 5.18. The van der Waals surface area contributed by atoms with Crippen molar-refractivity contribution in [3.63, 3.8) is 0 Å². The van der Waals surface area contributed by atoms with Gasteiger partial charge in [-0.25, -0.2) is 0 Å². The fraction of sp³-hybridized carbons (Fsp3) is 0.533. The predicted octanol–water partition coefficient (Wildman–Crippen LogP) is 3.95. The van der Waals surface area contributed by atoms with E-state index in [1.54, 1.807) is 13.1 Å². The summed E-state index contributed by atoms with van der Waals surface area (Å²) in [6.07, 6.45) is -3.56. The van der Waals surface area contributed by atoms with Crippen LogP contribution < -0.4 is 5.32 Å². The second kappa shape index (κ2) is 9.22. The SMILES string of the molecule is CN=C(NCCC(C)c1cccc(C(F)(F)F)c1)N(C)C.I. The van der Waals surface area contributed by atoms with Crippen LogP contribution in [0.4, 0.5) is 13.2 Å². The molecule has 1 atom stereocenters. The summed E-state index contributed by atoms with van der Waals surface area (Å²) in [6.45, 7) is 2.58. The highest BCUT2D eigenvalue weighted by molar-refractivity contribution is 14.0. The van der Waals surface area contributed by atoms with E-state index in [-0.39, 0.29) is 29.9 Å². The summed E-state index contributed by atoms with van der Waals surface area (Å²) in [5.74, 6) is 0.798. The van der Waals surface area contributed by atoms with Crippen molar-refractivity contribution in [1.82, 2.24) is 10.2 Å². The van der Waals surface area contributed by atoms with Gasteiger partial charge in [-0.05, 0) is 24.0 Å². The lowest BCUT2D eigenvalue weighted by Crippen LogP contribution is -2.37. The zero-order valence-corrected chi connectivity index (χ0v) is 15.6. The molecule has 1 unspecified atom stereocenters. The number of aliphatic imine (C=N–C) groups is 1. The summed E-state index contributed by atoms with van der Waals surface area (Å²) >= 11 is 0. The first kappa shape index (κ1) is 21.0. The third kappa shape index (κ3) is 6.41. The molecule has 3 nitrogen and oxygen atoms in total. The van der Waals surface area contributed by atoms with Crippen LogP contribution in [-0.4, -0.2) is 38.5 Å². The normalized spacial score (nSPS) is 13.3. The molecule has 0 heterocycles. The topological polar surface area (TPSA) is 27.6 Å². The largest absolute Gasteiger partial charge is 0.416 e. The highest BCUT2D eigenvalue weighted by atomic mass is 127. The maximum absolute atomic E-state index is 12.7. The number of rotatable bonds is 4. The van der Waals surface area contributed by atoms with Crippen LogP contribution in [0.1, 0.15) is 30.4 Å². The van der Waals surface area contributed by atoms with Crippen LogP contribution in [0.15, 0.2) is 29.3 Å². The number of nitrogens with zero attached hydrogens (tertiary/aromatic N) is 2. The highest BCUT2D eigenvalue weighted by Gasteiger charge is 2.30. The Balaban J connectivity index is 0.00000441. The van der Waals surface area contributed by atoms with Gasteiger partial charge in [0, 0.05) is 27.7 Å². The van der Waals surface area contributed by atoms with E-state index in [1.165, 1.54) is 12.1 Å². The molecule has 22 heavy (non-hydrogen) atoms. The van der Waals surface area contributed by atoms with Gasteiger partial charge in [0.05, 0.1) is 5.56 Å². The Bertz CT molecular complexity index is 487. The van der Waals surface area contributed by atoms with Crippen LogP contribution in [0.2, 0.25) is 0 Å². The Morgan fingerprint density at radius 3 is 2.45 bits per heavy atom. The van der Waals surface area contributed by atoms with E-state index < -0.39 is 11.7 Å².